The third-order valence-electron chi connectivity index (χ3n) is 7.95. The van der Waals surface area contributed by atoms with Crippen LogP contribution in [-0.2, 0) is 0 Å². The van der Waals surface area contributed by atoms with Crippen molar-refractivity contribution in [2.45, 2.75) is 103 Å². The van der Waals surface area contributed by atoms with Gasteiger partial charge in [-0.1, -0.05) is 119 Å². The smallest absolute Gasteiger partial charge is 0.0150 e. The minimum absolute atomic E-state index is 0.566. The van der Waals surface area contributed by atoms with Crippen LogP contribution >= 0.6 is 0 Å². The van der Waals surface area contributed by atoms with Crippen molar-refractivity contribution in [2.75, 3.05) is 0 Å². The van der Waals surface area contributed by atoms with E-state index in [2.05, 4.69) is 113 Å². The van der Waals surface area contributed by atoms with Gasteiger partial charge in [-0.15, -0.1) is 0 Å². The van der Waals surface area contributed by atoms with Crippen molar-refractivity contribution in [3.63, 3.8) is 0 Å². The van der Waals surface area contributed by atoms with Crippen molar-refractivity contribution >= 4 is 0 Å². The molecule has 0 saturated heterocycles. The SMILES string of the molecule is CCCC(CC)c1ccc(C(CC(CC)c2ccccc2)CC(CC)c2ccc(C)cc2)cc1. The molecule has 0 heterocycles. The average Bonchev–Trinajstić information content (AvgIpc) is 2.89. The maximum atomic E-state index is 2.46. The van der Waals surface area contributed by atoms with Crippen LogP contribution in [0.4, 0.5) is 0 Å². The predicted molar refractivity (Wildman–Crippen MR) is 150 cm³/mol. The lowest BCUT2D eigenvalue weighted by atomic mass is 9.77. The van der Waals surface area contributed by atoms with Crippen LogP contribution in [0.3, 0.4) is 0 Å². The van der Waals surface area contributed by atoms with Crippen LogP contribution in [0.25, 0.3) is 0 Å². The summed E-state index contributed by atoms with van der Waals surface area (Å²) in [6, 6.07) is 30.2. The molecule has 4 atom stereocenters. The largest absolute Gasteiger partial charge is 0.0654 e. The Balaban J connectivity index is 1.89. The summed E-state index contributed by atoms with van der Waals surface area (Å²) < 4.78 is 0. The summed E-state index contributed by atoms with van der Waals surface area (Å²) >= 11 is 0. The first kappa shape index (κ1) is 26.3. The van der Waals surface area contributed by atoms with E-state index in [4.69, 9.17) is 0 Å². The lowest BCUT2D eigenvalue weighted by Gasteiger charge is -2.28. The average molecular weight is 455 g/mol. The fraction of sp³-hybridized carbons (Fsp3) is 0.471. The van der Waals surface area contributed by atoms with Crippen molar-refractivity contribution < 1.29 is 0 Å². The second-order valence-corrected chi connectivity index (χ2v) is 10.3. The van der Waals surface area contributed by atoms with E-state index in [0.29, 0.717) is 23.7 Å². The van der Waals surface area contributed by atoms with Gasteiger partial charge in [-0.3, -0.25) is 0 Å². The van der Waals surface area contributed by atoms with Crippen LogP contribution in [0.2, 0.25) is 0 Å². The summed E-state index contributed by atoms with van der Waals surface area (Å²) in [5.41, 5.74) is 7.38. The number of rotatable bonds is 13. The summed E-state index contributed by atoms with van der Waals surface area (Å²) in [4.78, 5) is 0. The van der Waals surface area contributed by atoms with E-state index in [9.17, 15) is 0 Å². The number of aryl methyl sites for hydroxylation is 1. The number of benzene rings is 3. The molecule has 0 aliphatic rings. The molecule has 0 amide bonds. The molecule has 34 heavy (non-hydrogen) atoms. The molecular formula is C34H46. The topological polar surface area (TPSA) is 0 Å². The van der Waals surface area contributed by atoms with Crippen LogP contribution in [0.5, 0.6) is 0 Å². The van der Waals surface area contributed by atoms with Crippen molar-refractivity contribution in [2.24, 2.45) is 0 Å². The lowest BCUT2D eigenvalue weighted by molar-refractivity contribution is 0.450. The van der Waals surface area contributed by atoms with Gasteiger partial charge in [-0.25, -0.2) is 0 Å². The summed E-state index contributed by atoms with van der Waals surface area (Å²) in [5.74, 6) is 2.46. The Kier molecular flexibility index (Phi) is 10.4. The Labute approximate surface area is 209 Å². The highest BCUT2D eigenvalue weighted by Crippen LogP contribution is 2.40. The van der Waals surface area contributed by atoms with E-state index in [1.165, 1.54) is 72.8 Å². The van der Waals surface area contributed by atoms with E-state index in [1.807, 2.05) is 0 Å². The summed E-state index contributed by atoms with van der Waals surface area (Å²) in [7, 11) is 0. The molecule has 0 spiro atoms. The molecule has 3 rings (SSSR count). The molecule has 0 aliphatic heterocycles. The van der Waals surface area contributed by atoms with Gasteiger partial charge in [0.05, 0.1) is 0 Å². The van der Waals surface area contributed by atoms with Gasteiger partial charge in [-0.2, -0.15) is 0 Å². The highest BCUT2D eigenvalue weighted by Gasteiger charge is 2.23. The molecule has 4 unspecified atom stereocenters. The normalized spacial score (nSPS) is 15.0. The van der Waals surface area contributed by atoms with Crippen molar-refractivity contribution in [1.29, 1.82) is 0 Å². The Morgan fingerprint density at radius 3 is 1.35 bits per heavy atom. The van der Waals surface area contributed by atoms with Gasteiger partial charge in [-0.05, 0) is 91.4 Å². The summed E-state index contributed by atoms with van der Waals surface area (Å²) in [6.45, 7) is 11.5. The van der Waals surface area contributed by atoms with Gasteiger partial charge in [0.25, 0.3) is 0 Å². The Hall–Kier alpha value is -2.34. The Bertz CT molecular complexity index is 936. The molecule has 0 radical (unpaired) electrons. The van der Waals surface area contributed by atoms with E-state index in [-0.39, 0.29) is 0 Å². The first-order valence-corrected chi connectivity index (χ1v) is 13.8. The minimum atomic E-state index is 0.566. The van der Waals surface area contributed by atoms with Gasteiger partial charge in [0.1, 0.15) is 0 Å². The van der Waals surface area contributed by atoms with Crippen molar-refractivity contribution in [3.05, 3.63) is 107 Å². The zero-order chi connectivity index (χ0) is 24.3. The monoisotopic (exact) mass is 454 g/mol. The van der Waals surface area contributed by atoms with Crippen molar-refractivity contribution in [1.82, 2.24) is 0 Å². The molecule has 0 N–H and O–H groups in total. The Morgan fingerprint density at radius 2 is 0.882 bits per heavy atom. The van der Waals surface area contributed by atoms with E-state index in [1.54, 1.807) is 0 Å². The van der Waals surface area contributed by atoms with Crippen LogP contribution in [0.1, 0.15) is 124 Å². The zero-order valence-corrected chi connectivity index (χ0v) is 22.3. The maximum absolute atomic E-state index is 2.46. The quantitative estimate of drug-likeness (QED) is 0.241. The number of hydrogen-bond acceptors (Lipinski definition) is 0. The Morgan fingerprint density at radius 1 is 0.471 bits per heavy atom. The lowest BCUT2D eigenvalue weighted by Crippen LogP contribution is -2.11. The van der Waals surface area contributed by atoms with Gasteiger partial charge in [0.2, 0.25) is 0 Å². The van der Waals surface area contributed by atoms with E-state index < -0.39 is 0 Å². The summed E-state index contributed by atoms with van der Waals surface area (Å²) in [6.07, 6.45) is 8.59. The molecule has 0 fully saturated rings. The molecular weight excluding hydrogens is 408 g/mol. The van der Waals surface area contributed by atoms with Crippen LogP contribution in [0.15, 0.2) is 78.9 Å². The van der Waals surface area contributed by atoms with Gasteiger partial charge in [0.15, 0.2) is 0 Å². The van der Waals surface area contributed by atoms with Crippen LogP contribution < -0.4 is 0 Å². The maximum Gasteiger partial charge on any atom is -0.0150 e. The molecule has 182 valence electrons. The molecule has 0 saturated carbocycles. The van der Waals surface area contributed by atoms with E-state index >= 15 is 0 Å². The van der Waals surface area contributed by atoms with Crippen LogP contribution in [-0.4, -0.2) is 0 Å². The molecule has 0 nitrogen and oxygen atoms in total. The van der Waals surface area contributed by atoms with Gasteiger partial charge >= 0.3 is 0 Å². The highest BCUT2D eigenvalue weighted by molar-refractivity contribution is 5.31. The zero-order valence-electron chi connectivity index (χ0n) is 22.3. The fourth-order valence-electron chi connectivity index (χ4n) is 5.69. The highest BCUT2D eigenvalue weighted by atomic mass is 14.3. The molecule has 3 aromatic carbocycles. The molecule has 0 bridgehead atoms. The first-order valence-electron chi connectivity index (χ1n) is 13.8. The van der Waals surface area contributed by atoms with E-state index in [0.717, 1.165) is 0 Å². The van der Waals surface area contributed by atoms with Gasteiger partial charge in [0, 0.05) is 0 Å². The van der Waals surface area contributed by atoms with Crippen LogP contribution in [0, 0.1) is 6.92 Å². The number of hydrogen-bond donors (Lipinski definition) is 0. The third kappa shape index (κ3) is 7.08. The fourth-order valence-corrected chi connectivity index (χ4v) is 5.69. The predicted octanol–water partition coefficient (Wildman–Crippen LogP) is 10.5. The standard InChI is InChI=1S/C34H46/c1-6-13-27(7-2)31-20-22-33(23-21-31)34(24-28(8-3)30-14-11-10-12-15-30)25-29(9-4)32-18-16-26(5)17-19-32/h10-12,14-23,27-29,34H,6-9,13,24-25H2,1-5H3. The minimum Gasteiger partial charge on any atom is -0.0654 e. The molecule has 0 aliphatic carbocycles. The van der Waals surface area contributed by atoms with Crippen molar-refractivity contribution in [3.8, 4) is 0 Å². The second kappa shape index (κ2) is 13.5. The van der Waals surface area contributed by atoms with Gasteiger partial charge < -0.3 is 0 Å². The third-order valence-corrected chi connectivity index (χ3v) is 7.95. The first-order chi connectivity index (χ1) is 16.6. The molecule has 3 aromatic rings. The second-order valence-electron chi connectivity index (χ2n) is 10.3. The molecule has 0 heteroatoms. The molecule has 0 aromatic heterocycles. The summed E-state index contributed by atoms with van der Waals surface area (Å²) in [5, 5.41) is 0.